The lowest BCUT2D eigenvalue weighted by atomic mass is 10.1. The lowest BCUT2D eigenvalue weighted by Gasteiger charge is -2.32. The first-order chi connectivity index (χ1) is 9.29. The molecule has 0 spiro atoms. The van der Waals surface area contributed by atoms with Crippen LogP contribution >= 0.6 is 0 Å². The number of benzene rings is 1. The highest BCUT2D eigenvalue weighted by Crippen LogP contribution is 2.27. The van der Waals surface area contributed by atoms with E-state index in [2.05, 4.69) is 18.7 Å². The number of rotatable bonds is 6. The highest BCUT2D eigenvalue weighted by molar-refractivity contribution is 5.96. The van der Waals surface area contributed by atoms with Crippen LogP contribution in [-0.2, 0) is 4.74 Å². The van der Waals surface area contributed by atoms with E-state index in [4.69, 9.17) is 15.2 Å². The Morgan fingerprint density at radius 1 is 1.35 bits per heavy atom. The van der Waals surface area contributed by atoms with Crippen molar-refractivity contribution in [2.45, 2.75) is 26.3 Å². The van der Waals surface area contributed by atoms with E-state index in [0.29, 0.717) is 30.2 Å². The van der Waals surface area contributed by atoms with Crippen LogP contribution in [0.15, 0.2) is 18.2 Å². The molecule has 0 atom stereocenters. The zero-order valence-electron chi connectivity index (χ0n) is 12.9. The van der Waals surface area contributed by atoms with Crippen molar-refractivity contribution < 1.29 is 14.3 Å². The number of likely N-dealkylation sites (N-methyl/N-ethyl adjacent to an activating group) is 1. The minimum atomic E-state index is -0.428. The summed E-state index contributed by atoms with van der Waals surface area (Å²) in [5.41, 5.74) is 6.51. The predicted octanol–water partition coefficient (Wildman–Crippen LogP) is 2.16. The smallest absolute Gasteiger partial charge is 0.340 e. The van der Waals surface area contributed by atoms with Crippen molar-refractivity contribution in [1.29, 1.82) is 0 Å². The second-order valence-electron chi connectivity index (χ2n) is 5.43. The first-order valence-corrected chi connectivity index (χ1v) is 6.65. The van der Waals surface area contributed by atoms with Crippen molar-refractivity contribution in [3.05, 3.63) is 23.8 Å². The molecule has 0 aliphatic carbocycles. The van der Waals surface area contributed by atoms with E-state index < -0.39 is 5.97 Å². The van der Waals surface area contributed by atoms with Gasteiger partial charge < -0.3 is 20.1 Å². The minimum Gasteiger partial charge on any atom is -0.489 e. The standard InChI is InChI=1S/C15H24N2O3/c1-6-19-14(18)11-8-7-9-12(13(11)16)20-10-15(2,3)17(4)5/h7-9H,6,10,16H2,1-5H3. The summed E-state index contributed by atoms with van der Waals surface area (Å²) in [5.74, 6) is 0.0767. The Morgan fingerprint density at radius 3 is 2.55 bits per heavy atom. The topological polar surface area (TPSA) is 64.8 Å². The van der Waals surface area contributed by atoms with Crippen molar-refractivity contribution >= 4 is 11.7 Å². The van der Waals surface area contributed by atoms with Gasteiger partial charge in [-0.05, 0) is 47.0 Å². The molecule has 2 N–H and O–H groups in total. The van der Waals surface area contributed by atoms with Gasteiger partial charge in [0.2, 0.25) is 0 Å². The third-order valence-electron chi connectivity index (χ3n) is 3.35. The molecule has 20 heavy (non-hydrogen) atoms. The van der Waals surface area contributed by atoms with Crippen LogP contribution < -0.4 is 10.5 Å². The Morgan fingerprint density at radius 2 is 2.00 bits per heavy atom. The number of hydrogen-bond acceptors (Lipinski definition) is 5. The van der Waals surface area contributed by atoms with Gasteiger partial charge >= 0.3 is 5.97 Å². The van der Waals surface area contributed by atoms with Crippen LogP contribution in [0, 0.1) is 0 Å². The largest absolute Gasteiger partial charge is 0.489 e. The maximum atomic E-state index is 11.8. The molecule has 5 nitrogen and oxygen atoms in total. The van der Waals surface area contributed by atoms with Gasteiger partial charge in [-0.1, -0.05) is 6.07 Å². The molecular formula is C15H24N2O3. The summed E-state index contributed by atoms with van der Waals surface area (Å²) in [5, 5.41) is 0. The molecular weight excluding hydrogens is 256 g/mol. The molecule has 1 aromatic carbocycles. The Balaban J connectivity index is 2.87. The molecule has 0 heterocycles. The molecule has 0 radical (unpaired) electrons. The zero-order chi connectivity index (χ0) is 15.3. The van der Waals surface area contributed by atoms with E-state index in [1.54, 1.807) is 25.1 Å². The number of nitrogens with zero attached hydrogens (tertiary/aromatic N) is 1. The zero-order valence-corrected chi connectivity index (χ0v) is 12.9. The van der Waals surface area contributed by atoms with Crippen LogP contribution in [0.25, 0.3) is 0 Å². The van der Waals surface area contributed by atoms with Gasteiger partial charge in [-0.3, -0.25) is 0 Å². The van der Waals surface area contributed by atoms with Gasteiger partial charge in [-0.2, -0.15) is 0 Å². The van der Waals surface area contributed by atoms with Gasteiger partial charge in [0, 0.05) is 5.54 Å². The maximum Gasteiger partial charge on any atom is 0.340 e. The van der Waals surface area contributed by atoms with Crippen molar-refractivity contribution in [1.82, 2.24) is 4.90 Å². The Kier molecular flexibility index (Phi) is 5.39. The van der Waals surface area contributed by atoms with E-state index >= 15 is 0 Å². The molecule has 1 aromatic rings. The number of carbonyl (C=O) groups is 1. The highest BCUT2D eigenvalue weighted by Gasteiger charge is 2.22. The van der Waals surface area contributed by atoms with Crippen molar-refractivity contribution in [3.63, 3.8) is 0 Å². The lowest BCUT2D eigenvalue weighted by Crippen LogP contribution is -2.43. The number of hydrogen-bond donors (Lipinski definition) is 1. The van der Waals surface area contributed by atoms with E-state index in [-0.39, 0.29) is 5.54 Å². The van der Waals surface area contributed by atoms with Gasteiger partial charge in [0.25, 0.3) is 0 Å². The Hall–Kier alpha value is -1.75. The second kappa shape index (κ2) is 6.61. The van der Waals surface area contributed by atoms with Crippen LogP contribution in [0.1, 0.15) is 31.1 Å². The fourth-order valence-electron chi connectivity index (χ4n) is 1.44. The molecule has 0 saturated heterocycles. The van der Waals surface area contributed by atoms with E-state index in [1.165, 1.54) is 0 Å². The van der Waals surface area contributed by atoms with Crippen LogP contribution in [0.5, 0.6) is 5.75 Å². The molecule has 0 aliphatic heterocycles. The van der Waals surface area contributed by atoms with E-state index in [1.807, 2.05) is 14.1 Å². The third kappa shape index (κ3) is 3.87. The monoisotopic (exact) mass is 280 g/mol. The normalized spacial score (nSPS) is 11.5. The molecule has 0 unspecified atom stereocenters. The molecule has 0 saturated carbocycles. The number of nitrogen functional groups attached to an aromatic ring is 1. The highest BCUT2D eigenvalue weighted by atomic mass is 16.5. The summed E-state index contributed by atoms with van der Waals surface area (Å²) in [7, 11) is 3.98. The van der Waals surface area contributed by atoms with Crippen LogP contribution in [0.3, 0.4) is 0 Å². The number of carbonyl (C=O) groups excluding carboxylic acids is 1. The SMILES string of the molecule is CCOC(=O)c1cccc(OCC(C)(C)N(C)C)c1N. The van der Waals surface area contributed by atoms with E-state index in [0.717, 1.165) is 0 Å². The van der Waals surface area contributed by atoms with Crippen LogP contribution in [0.2, 0.25) is 0 Å². The molecule has 0 aliphatic rings. The summed E-state index contributed by atoms with van der Waals surface area (Å²) in [6, 6.07) is 5.13. The first kappa shape index (κ1) is 16.3. The second-order valence-corrected chi connectivity index (χ2v) is 5.43. The summed E-state index contributed by atoms with van der Waals surface area (Å²) >= 11 is 0. The summed E-state index contributed by atoms with van der Waals surface area (Å²) in [4.78, 5) is 13.8. The fraction of sp³-hybridized carbons (Fsp3) is 0.533. The van der Waals surface area contributed by atoms with Gasteiger partial charge in [0.15, 0.2) is 0 Å². The number of para-hydroxylation sites is 1. The van der Waals surface area contributed by atoms with Crippen molar-refractivity contribution in [2.75, 3.05) is 33.0 Å². The molecule has 0 bridgehead atoms. The number of anilines is 1. The molecule has 5 heteroatoms. The van der Waals surface area contributed by atoms with Crippen LogP contribution in [0.4, 0.5) is 5.69 Å². The predicted molar refractivity (Wildman–Crippen MR) is 80.1 cm³/mol. The quantitative estimate of drug-likeness (QED) is 0.639. The molecule has 1 rings (SSSR count). The molecule has 0 amide bonds. The average Bonchev–Trinajstić information content (AvgIpc) is 2.37. The lowest BCUT2D eigenvalue weighted by molar-refractivity contribution is 0.0527. The molecule has 0 fully saturated rings. The average molecular weight is 280 g/mol. The van der Waals surface area contributed by atoms with Gasteiger partial charge in [0.1, 0.15) is 12.4 Å². The van der Waals surface area contributed by atoms with Gasteiger partial charge in [-0.25, -0.2) is 4.79 Å². The van der Waals surface area contributed by atoms with Crippen molar-refractivity contribution in [2.24, 2.45) is 0 Å². The summed E-state index contributed by atoms with van der Waals surface area (Å²) < 4.78 is 10.7. The first-order valence-electron chi connectivity index (χ1n) is 6.65. The van der Waals surface area contributed by atoms with Crippen LogP contribution in [-0.4, -0.2) is 43.7 Å². The van der Waals surface area contributed by atoms with Gasteiger partial charge in [-0.15, -0.1) is 0 Å². The number of ether oxygens (including phenoxy) is 2. The van der Waals surface area contributed by atoms with Gasteiger partial charge in [0.05, 0.1) is 17.9 Å². The summed E-state index contributed by atoms with van der Waals surface area (Å²) in [6.45, 7) is 6.68. The van der Waals surface area contributed by atoms with E-state index in [9.17, 15) is 4.79 Å². The molecule has 112 valence electrons. The van der Waals surface area contributed by atoms with Crippen molar-refractivity contribution in [3.8, 4) is 5.75 Å². The summed E-state index contributed by atoms with van der Waals surface area (Å²) in [6.07, 6.45) is 0. The Bertz CT molecular complexity index is 470. The number of nitrogens with two attached hydrogens (primary N) is 1. The maximum absolute atomic E-state index is 11.8. The third-order valence-corrected chi connectivity index (χ3v) is 3.35. The fourth-order valence-corrected chi connectivity index (χ4v) is 1.44. The Labute approximate surface area is 120 Å². The molecule has 0 aromatic heterocycles. The minimum absolute atomic E-state index is 0.133. The number of esters is 1.